The number of hydrogen-bond donors (Lipinski definition) is 1. The molecule has 2 atom stereocenters. The molecule has 0 aromatic carbocycles. The first-order chi connectivity index (χ1) is 8.92. The number of fused-ring (bicyclic) bond motifs is 1. The molecule has 0 spiro atoms. The predicted octanol–water partition coefficient (Wildman–Crippen LogP) is 1.99. The standard InChI is InChI=1S/C14H24N4O/c1-13(2,3)10-11-16-17-12(18(11)8-7-15-10)14(4)6-5-9-19-14/h10,15H,5-9H2,1-4H3. The molecule has 0 radical (unpaired) electrons. The van der Waals surface area contributed by atoms with E-state index >= 15 is 0 Å². The van der Waals surface area contributed by atoms with Gasteiger partial charge in [0.2, 0.25) is 0 Å². The van der Waals surface area contributed by atoms with Crippen molar-refractivity contribution in [3.05, 3.63) is 11.6 Å². The molecule has 106 valence electrons. The lowest BCUT2D eigenvalue weighted by molar-refractivity contribution is 0.00536. The van der Waals surface area contributed by atoms with E-state index in [9.17, 15) is 0 Å². The molecule has 2 unspecified atom stereocenters. The summed E-state index contributed by atoms with van der Waals surface area (Å²) >= 11 is 0. The van der Waals surface area contributed by atoms with Crippen LogP contribution in [0.2, 0.25) is 0 Å². The van der Waals surface area contributed by atoms with Gasteiger partial charge in [0, 0.05) is 19.7 Å². The summed E-state index contributed by atoms with van der Waals surface area (Å²) in [5.74, 6) is 2.07. The Kier molecular flexibility index (Phi) is 2.94. The predicted molar refractivity (Wildman–Crippen MR) is 72.8 cm³/mol. The lowest BCUT2D eigenvalue weighted by Gasteiger charge is -2.35. The first-order valence-corrected chi connectivity index (χ1v) is 7.23. The molecule has 1 N–H and O–H groups in total. The van der Waals surface area contributed by atoms with Crippen molar-refractivity contribution in [2.45, 2.75) is 58.7 Å². The van der Waals surface area contributed by atoms with Crippen LogP contribution in [0.3, 0.4) is 0 Å². The summed E-state index contributed by atoms with van der Waals surface area (Å²) in [5, 5.41) is 12.5. The highest BCUT2D eigenvalue weighted by molar-refractivity contribution is 5.13. The molecule has 5 heteroatoms. The second-order valence-corrected chi connectivity index (χ2v) is 6.97. The fourth-order valence-corrected chi connectivity index (χ4v) is 3.20. The molecule has 0 bridgehead atoms. The number of nitrogens with zero attached hydrogens (tertiary/aromatic N) is 3. The average molecular weight is 264 g/mol. The molecule has 19 heavy (non-hydrogen) atoms. The summed E-state index contributed by atoms with van der Waals surface area (Å²) in [7, 11) is 0. The molecule has 1 aromatic heterocycles. The lowest BCUT2D eigenvalue weighted by Crippen LogP contribution is -2.42. The molecule has 5 nitrogen and oxygen atoms in total. The molecule has 1 saturated heterocycles. The minimum Gasteiger partial charge on any atom is -0.367 e. The highest BCUT2D eigenvalue weighted by Crippen LogP contribution is 2.38. The van der Waals surface area contributed by atoms with Gasteiger partial charge in [-0.15, -0.1) is 10.2 Å². The Hall–Kier alpha value is -0.940. The summed E-state index contributed by atoms with van der Waals surface area (Å²) in [6, 6.07) is 0.257. The van der Waals surface area contributed by atoms with Gasteiger partial charge in [-0.05, 0) is 25.2 Å². The third kappa shape index (κ3) is 2.09. The molecule has 3 heterocycles. The maximum absolute atomic E-state index is 5.93. The zero-order valence-electron chi connectivity index (χ0n) is 12.4. The van der Waals surface area contributed by atoms with Crippen LogP contribution < -0.4 is 5.32 Å². The summed E-state index contributed by atoms with van der Waals surface area (Å²) in [4.78, 5) is 0. The summed E-state index contributed by atoms with van der Waals surface area (Å²) in [6.45, 7) is 11.6. The van der Waals surface area contributed by atoms with E-state index in [1.165, 1.54) is 0 Å². The van der Waals surface area contributed by atoms with Crippen molar-refractivity contribution < 1.29 is 4.74 Å². The third-order valence-electron chi connectivity index (χ3n) is 4.28. The fraction of sp³-hybridized carbons (Fsp3) is 0.857. The van der Waals surface area contributed by atoms with Crippen molar-refractivity contribution in [1.82, 2.24) is 20.1 Å². The highest BCUT2D eigenvalue weighted by Gasteiger charge is 2.41. The van der Waals surface area contributed by atoms with E-state index in [1.807, 2.05) is 0 Å². The van der Waals surface area contributed by atoms with Crippen LogP contribution in [0, 0.1) is 5.41 Å². The Bertz CT molecular complexity index is 468. The van der Waals surface area contributed by atoms with Gasteiger partial charge in [-0.25, -0.2) is 0 Å². The van der Waals surface area contributed by atoms with Crippen molar-refractivity contribution in [2.24, 2.45) is 5.41 Å². The van der Waals surface area contributed by atoms with Gasteiger partial charge in [0.05, 0.1) is 6.04 Å². The van der Waals surface area contributed by atoms with Gasteiger partial charge >= 0.3 is 0 Å². The second kappa shape index (κ2) is 4.28. The topological polar surface area (TPSA) is 52.0 Å². The Morgan fingerprint density at radius 1 is 1.37 bits per heavy atom. The van der Waals surface area contributed by atoms with Gasteiger partial charge in [-0.2, -0.15) is 0 Å². The molecule has 0 saturated carbocycles. The number of nitrogens with one attached hydrogen (secondary N) is 1. The van der Waals surface area contributed by atoms with E-state index in [0.29, 0.717) is 0 Å². The Morgan fingerprint density at radius 2 is 2.16 bits per heavy atom. The van der Waals surface area contributed by atoms with E-state index in [1.54, 1.807) is 0 Å². The van der Waals surface area contributed by atoms with E-state index in [4.69, 9.17) is 4.74 Å². The molecule has 3 rings (SSSR count). The molecular weight excluding hydrogens is 240 g/mol. The largest absolute Gasteiger partial charge is 0.367 e. The quantitative estimate of drug-likeness (QED) is 0.843. The lowest BCUT2D eigenvalue weighted by atomic mass is 9.85. The van der Waals surface area contributed by atoms with Gasteiger partial charge in [0.15, 0.2) is 11.6 Å². The number of rotatable bonds is 1. The first-order valence-electron chi connectivity index (χ1n) is 7.23. The van der Waals surface area contributed by atoms with Crippen LogP contribution in [0.1, 0.15) is 58.2 Å². The molecule has 1 fully saturated rings. The third-order valence-corrected chi connectivity index (χ3v) is 4.28. The molecule has 2 aliphatic heterocycles. The molecule has 0 aliphatic carbocycles. The van der Waals surface area contributed by atoms with Crippen LogP contribution in [0.25, 0.3) is 0 Å². The smallest absolute Gasteiger partial charge is 0.165 e. The minimum absolute atomic E-state index is 0.139. The number of aromatic nitrogens is 3. The number of hydrogen-bond acceptors (Lipinski definition) is 4. The zero-order valence-corrected chi connectivity index (χ0v) is 12.4. The first kappa shape index (κ1) is 13.1. The van der Waals surface area contributed by atoms with Gasteiger partial charge in [0.25, 0.3) is 0 Å². The summed E-state index contributed by atoms with van der Waals surface area (Å²) in [6.07, 6.45) is 2.15. The van der Waals surface area contributed by atoms with Crippen LogP contribution in [-0.2, 0) is 16.9 Å². The van der Waals surface area contributed by atoms with Crippen molar-refractivity contribution in [3.8, 4) is 0 Å². The Labute approximate surface area is 114 Å². The normalized spacial score (nSPS) is 31.5. The minimum atomic E-state index is -0.245. The van der Waals surface area contributed by atoms with Crippen molar-refractivity contribution in [3.63, 3.8) is 0 Å². The van der Waals surface area contributed by atoms with Crippen LogP contribution in [-0.4, -0.2) is 27.9 Å². The molecule has 0 amide bonds. The van der Waals surface area contributed by atoms with Gasteiger partial charge in [0.1, 0.15) is 5.60 Å². The highest BCUT2D eigenvalue weighted by atomic mass is 16.5. The SMILES string of the molecule is CC1(c2nnc3n2CCNC3C(C)(C)C)CCCO1. The molecular formula is C14H24N4O. The summed E-state index contributed by atoms with van der Waals surface area (Å²) < 4.78 is 8.20. The Morgan fingerprint density at radius 3 is 2.79 bits per heavy atom. The van der Waals surface area contributed by atoms with Crippen molar-refractivity contribution in [2.75, 3.05) is 13.2 Å². The maximum atomic E-state index is 5.93. The average Bonchev–Trinajstić information content (AvgIpc) is 2.93. The van der Waals surface area contributed by atoms with Crippen LogP contribution >= 0.6 is 0 Å². The van der Waals surface area contributed by atoms with E-state index in [-0.39, 0.29) is 17.1 Å². The van der Waals surface area contributed by atoms with E-state index in [0.717, 1.165) is 44.2 Å². The fourth-order valence-electron chi connectivity index (χ4n) is 3.20. The van der Waals surface area contributed by atoms with Crippen molar-refractivity contribution in [1.29, 1.82) is 0 Å². The maximum Gasteiger partial charge on any atom is 0.165 e. The van der Waals surface area contributed by atoms with Crippen LogP contribution in [0.4, 0.5) is 0 Å². The monoisotopic (exact) mass is 264 g/mol. The van der Waals surface area contributed by atoms with Gasteiger partial charge in [-0.3, -0.25) is 0 Å². The van der Waals surface area contributed by atoms with Crippen molar-refractivity contribution >= 4 is 0 Å². The second-order valence-electron chi connectivity index (χ2n) is 6.97. The molecule has 1 aromatic rings. The molecule has 2 aliphatic rings. The van der Waals surface area contributed by atoms with E-state index < -0.39 is 0 Å². The summed E-state index contributed by atoms with van der Waals surface area (Å²) in [5.41, 5.74) is -0.106. The Balaban J connectivity index is 2.01. The van der Waals surface area contributed by atoms with Gasteiger partial charge < -0.3 is 14.6 Å². The van der Waals surface area contributed by atoms with Gasteiger partial charge in [-0.1, -0.05) is 20.8 Å². The van der Waals surface area contributed by atoms with E-state index in [2.05, 4.69) is 47.8 Å². The van der Waals surface area contributed by atoms with Crippen LogP contribution in [0.5, 0.6) is 0 Å². The van der Waals surface area contributed by atoms with Crippen LogP contribution in [0.15, 0.2) is 0 Å². The number of ether oxygens (including phenoxy) is 1. The zero-order chi connectivity index (χ0) is 13.7.